The van der Waals surface area contributed by atoms with E-state index >= 15 is 0 Å². The number of rotatable bonds is 4. The lowest BCUT2D eigenvalue weighted by atomic mass is 9.48. The van der Waals surface area contributed by atoms with E-state index in [0.717, 1.165) is 22.6 Å². The molecule has 1 heterocycles. The van der Waals surface area contributed by atoms with Crippen molar-refractivity contribution < 1.29 is 4.79 Å². The molecule has 118 valence electrons. The highest BCUT2D eigenvalue weighted by molar-refractivity contribution is 7.10. The fraction of sp³-hybridized carbons (Fsp3) is 0.632. The zero-order valence-corrected chi connectivity index (χ0v) is 14.1. The van der Waals surface area contributed by atoms with Crippen LogP contribution in [0.5, 0.6) is 0 Å². The lowest BCUT2D eigenvalue weighted by Crippen LogP contribution is -2.55. The lowest BCUT2D eigenvalue weighted by Gasteiger charge is -2.59. The van der Waals surface area contributed by atoms with E-state index in [0.29, 0.717) is 11.5 Å². The average molecular weight is 315 g/mol. The van der Waals surface area contributed by atoms with E-state index in [1.807, 2.05) is 23.6 Å². The summed E-state index contributed by atoms with van der Waals surface area (Å²) < 4.78 is 0. The van der Waals surface area contributed by atoms with Crippen LogP contribution in [0.15, 0.2) is 23.6 Å². The van der Waals surface area contributed by atoms with Gasteiger partial charge in [-0.3, -0.25) is 4.79 Å². The Morgan fingerprint density at radius 3 is 2.45 bits per heavy atom. The Bertz CT molecular complexity index is 539. The molecule has 1 aromatic heterocycles. The highest BCUT2D eigenvalue weighted by atomic mass is 32.1. The maximum atomic E-state index is 12.2. The molecule has 5 rings (SSSR count). The van der Waals surface area contributed by atoms with Gasteiger partial charge in [-0.2, -0.15) is 0 Å². The molecule has 1 N–H and O–H groups in total. The van der Waals surface area contributed by atoms with Gasteiger partial charge in [-0.05, 0) is 86.1 Å². The third-order valence-corrected chi connectivity index (χ3v) is 7.14. The van der Waals surface area contributed by atoms with Gasteiger partial charge in [-0.15, -0.1) is 11.3 Å². The third kappa shape index (κ3) is 2.64. The van der Waals surface area contributed by atoms with Gasteiger partial charge in [0.25, 0.3) is 0 Å². The fourth-order valence-corrected chi connectivity index (χ4v) is 6.28. The van der Waals surface area contributed by atoms with Crippen LogP contribution in [0, 0.1) is 23.2 Å². The average Bonchev–Trinajstić information content (AvgIpc) is 2.97. The second-order valence-corrected chi connectivity index (χ2v) is 8.84. The minimum atomic E-state index is 0.0663. The van der Waals surface area contributed by atoms with Crippen LogP contribution in [0.25, 0.3) is 6.08 Å². The first-order chi connectivity index (χ1) is 10.6. The smallest absolute Gasteiger partial charge is 0.244 e. The largest absolute Gasteiger partial charge is 0.350 e. The van der Waals surface area contributed by atoms with Crippen LogP contribution in [0.2, 0.25) is 0 Å². The van der Waals surface area contributed by atoms with Crippen LogP contribution in [0.4, 0.5) is 0 Å². The molecule has 4 aliphatic rings. The molecule has 4 fully saturated rings. The van der Waals surface area contributed by atoms with E-state index in [1.54, 1.807) is 17.4 Å². The topological polar surface area (TPSA) is 29.1 Å². The molecule has 4 aliphatic carbocycles. The Balaban J connectivity index is 1.41. The summed E-state index contributed by atoms with van der Waals surface area (Å²) in [6, 6.07) is 4.36. The van der Waals surface area contributed by atoms with Crippen LogP contribution >= 0.6 is 11.3 Å². The fourth-order valence-electron chi connectivity index (χ4n) is 5.67. The summed E-state index contributed by atoms with van der Waals surface area (Å²) in [7, 11) is 0. The number of carbonyl (C=O) groups is 1. The Morgan fingerprint density at radius 1 is 1.27 bits per heavy atom. The van der Waals surface area contributed by atoms with Crippen molar-refractivity contribution in [3.8, 4) is 0 Å². The van der Waals surface area contributed by atoms with Crippen molar-refractivity contribution in [2.24, 2.45) is 23.2 Å². The summed E-state index contributed by atoms with van der Waals surface area (Å²) in [6.45, 7) is 2.24. The molecule has 4 bridgehead atoms. The SMILES string of the molecule is CC(NC(=O)C=Cc1cccs1)C12CC3CC(CC(C3)C1)C2. The van der Waals surface area contributed by atoms with Crippen molar-refractivity contribution in [1.82, 2.24) is 5.32 Å². The normalized spacial score (nSPS) is 37.6. The minimum Gasteiger partial charge on any atom is -0.350 e. The van der Waals surface area contributed by atoms with Crippen molar-refractivity contribution in [2.75, 3.05) is 0 Å². The van der Waals surface area contributed by atoms with E-state index in [2.05, 4.69) is 12.2 Å². The van der Waals surface area contributed by atoms with Gasteiger partial charge < -0.3 is 5.32 Å². The number of hydrogen-bond donors (Lipinski definition) is 1. The summed E-state index contributed by atoms with van der Waals surface area (Å²) in [5.74, 6) is 2.88. The van der Waals surface area contributed by atoms with Gasteiger partial charge in [0, 0.05) is 17.0 Å². The van der Waals surface area contributed by atoms with Gasteiger partial charge in [0.15, 0.2) is 0 Å². The van der Waals surface area contributed by atoms with E-state index in [9.17, 15) is 4.79 Å². The maximum absolute atomic E-state index is 12.2. The number of nitrogens with one attached hydrogen (secondary N) is 1. The number of hydrogen-bond acceptors (Lipinski definition) is 2. The Kier molecular flexibility index (Phi) is 3.64. The minimum absolute atomic E-state index is 0.0663. The maximum Gasteiger partial charge on any atom is 0.244 e. The molecular formula is C19H25NOS. The molecule has 1 amide bonds. The number of carbonyl (C=O) groups excluding carboxylic acids is 1. The molecule has 2 nitrogen and oxygen atoms in total. The predicted molar refractivity (Wildman–Crippen MR) is 91.6 cm³/mol. The summed E-state index contributed by atoms with van der Waals surface area (Å²) in [4.78, 5) is 13.4. The molecule has 1 aromatic rings. The van der Waals surface area contributed by atoms with E-state index in [1.165, 1.54) is 38.5 Å². The second-order valence-electron chi connectivity index (χ2n) is 7.86. The van der Waals surface area contributed by atoms with Gasteiger partial charge in [0.2, 0.25) is 5.91 Å². The first kappa shape index (κ1) is 14.5. The van der Waals surface area contributed by atoms with Gasteiger partial charge in [-0.25, -0.2) is 0 Å². The van der Waals surface area contributed by atoms with Crippen molar-refractivity contribution in [1.29, 1.82) is 0 Å². The standard InChI is InChI=1S/C19H25NOS/c1-13(20-18(21)5-4-17-3-2-6-22-17)19-10-14-7-15(11-19)9-16(8-14)12-19/h2-6,13-16H,7-12H2,1H3,(H,20,21). The molecule has 3 heteroatoms. The molecule has 1 unspecified atom stereocenters. The first-order valence-corrected chi connectivity index (χ1v) is 9.53. The zero-order chi connectivity index (χ0) is 15.2. The van der Waals surface area contributed by atoms with Gasteiger partial charge in [-0.1, -0.05) is 6.07 Å². The zero-order valence-electron chi connectivity index (χ0n) is 13.3. The quantitative estimate of drug-likeness (QED) is 0.815. The molecule has 1 atom stereocenters. The highest BCUT2D eigenvalue weighted by Crippen LogP contribution is 2.61. The molecule has 4 saturated carbocycles. The van der Waals surface area contributed by atoms with Gasteiger partial charge >= 0.3 is 0 Å². The first-order valence-electron chi connectivity index (χ1n) is 8.65. The van der Waals surface area contributed by atoms with Crippen molar-refractivity contribution >= 4 is 23.3 Å². The number of thiophene rings is 1. The van der Waals surface area contributed by atoms with E-state index in [-0.39, 0.29) is 5.91 Å². The predicted octanol–water partition coefficient (Wildman–Crippen LogP) is 4.48. The number of amides is 1. The molecule has 0 aromatic carbocycles. The molecule has 0 saturated heterocycles. The molecule has 0 radical (unpaired) electrons. The monoisotopic (exact) mass is 315 g/mol. The Morgan fingerprint density at radius 2 is 1.91 bits per heavy atom. The summed E-state index contributed by atoms with van der Waals surface area (Å²) in [5, 5.41) is 5.32. The summed E-state index contributed by atoms with van der Waals surface area (Å²) in [6.07, 6.45) is 12.0. The van der Waals surface area contributed by atoms with Crippen molar-refractivity contribution in [3.05, 3.63) is 28.5 Å². The molecule has 22 heavy (non-hydrogen) atoms. The second kappa shape index (κ2) is 5.52. The van der Waals surface area contributed by atoms with Crippen LogP contribution in [0.1, 0.15) is 50.3 Å². The summed E-state index contributed by atoms with van der Waals surface area (Å²) in [5.41, 5.74) is 0.390. The lowest BCUT2D eigenvalue weighted by molar-refractivity contribution is -0.121. The van der Waals surface area contributed by atoms with Crippen LogP contribution in [0.3, 0.4) is 0 Å². The van der Waals surface area contributed by atoms with Crippen LogP contribution < -0.4 is 5.32 Å². The third-order valence-electron chi connectivity index (χ3n) is 6.31. The van der Waals surface area contributed by atoms with Crippen molar-refractivity contribution in [3.63, 3.8) is 0 Å². The van der Waals surface area contributed by atoms with Crippen LogP contribution in [-0.2, 0) is 4.79 Å². The Hall–Kier alpha value is -1.09. The molecular weight excluding hydrogens is 290 g/mol. The van der Waals surface area contributed by atoms with E-state index < -0.39 is 0 Å². The van der Waals surface area contributed by atoms with E-state index in [4.69, 9.17) is 0 Å². The Labute approximate surface area is 137 Å². The molecule has 0 aliphatic heterocycles. The summed E-state index contributed by atoms with van der Waals surface area (Å²) >= 11 is 1.66. The molecule has 0 spiro atoms. The highest BCUT2D eigenvalue weighted by Gasteiger charge is 2.53. The van der Waals surface area contributed by atoms with Gasteiger partial charge in [0.1, 0.15) is 0 Å². The van der Waals surface area contributed by atoms with Crippen LogP contribution in [-0.4, -0.2) is 11.9 Å². The van der Waals surface area contributed by atoms with Crippen molar-refractivity contribution in [2.45, 2.75) is 51.5 Å². The van der Waals surface area contributed by atoms with Gasteiger partial charge in [0.05, 0.1) is 0 Å².